The zero-order valence-electron chi connectivity index (χ0n) is 11.0. The molecule has 3 rings (SSSR count). The van der Waals surface area contributed by atoms with Crippen LogP contribution in [-0.2, 0) is 0 Å². The highest BCUT2D eigenvalue weighted by atomic mass is 32.1. The van der Waals surface area contributed by atoms with Crippen LogP contribution in [0.4, 0.5) is 0 Å². The number of hydrogen-bond acceptors (Lipinski definition) is 4. The first kappa shape index (κ1) is 12.4. The second kappa shape index (κ2) is 4.81. The van der Waals surface area contributed by atoms with Crippen LogP contribution in [0, 0.1) is 13.8 Å². The van der Waals surface area contributed by atoms with Crippen molar-refractivity contribution in [3.8, 4) is 0 Å². The van der Waals surface area contributed by atoms with Crippen molar-refractivity contribution in [2.75, 3.05) is 6.54 Å². The van der Waals surface area contributed by atoms with Gasteiger partial charge in [-0.05, 0) is 38.8 Å². The molecule has 0 aliphatic carbocycles. The van der Waals surface area contributed by atoms with Crippen molar-refractivity contribution in [2.24, 2.45) is 0 Å². The van der Waals surface area contributed by atoms with Crippen LogP contribution < -0.4 is 0 Å². The van der Waals surface area contributed by atoms with Gasteiger partial charge in [0.2, 0.25) is 0 Å². The first-order valence-electron chi connectivity index (χ1n) is 6.45. The van der Waals surface area contributed by atoms with E-state index in [-0.39, 0.29) is 11.9 Å². The zero-order chi connectivity index (χ0) is 13.4. The summed E-state index contributed by atoms with van der Waals surface area (Å²) in [6, 6.07) is 3.89. The van der Waals surface area contributed by atoms with Crippen LogP contribution in [0.2, 0.25) is 0 Å². The van der Waals surface area contributed by atoms with Crippen molar-refractivity contribution >= 4 is 17.2 Å². The Hall–Kier alpha value is -1.62. The molecule has 0 spiro atoms. The third-order valence-electron chi connectivity index (χ3n) is 3.48. The molecule has 1 saturated heterocycles. The van der Waals surface area contributed by atoms with Gasteiger partial charge in [-0.3, -0.25) is 4.79 Å². The van der Waals surface area contributed by atoms with Crippen LogP contribution in [0.25, 0.3) is 0 Å². The summed E-state index contributed by atoms with van der Waals surface area (Å²) in [5.41, 5.74) is 0.831. The number of carbonyl (C=O) groups excluding carboxylic acids is 1. The molecule has 0 aromatic carbocycles. The van der Waals surface area contributed by atoms with Gasteiger partial charge < -0.3 is 9.32 Å². The number of amides is 1. The number of rotatable bonds is 2. The highest BCUT2D eigenvalue weighted by molar-refractivity contribution is 7.13. The van der Waals surface area contributed by atoms with Gasteiger partial charge in [0.05, 0.1) is 23.0 Å². The maximum Gasteiger partial charge on any atom is 0.266 e. The van der Waals surface area contributed by atoms with Gasteiger partial charge in [0.1, 0.15) is 10.6 Å². The van der Waals surface area contributed by atoms with E-state index in [0.29, 0.717) is 0 Å². The van der Waals surface area contributed by atoms with E-state index in [9.17, 15) is 4.79 Å². The largest absolute Gasteiger partial charge is 0.467 e. The van der Waals surface area contributed by atoms with Gasteiger partial charge in [-0.25, -0.2) is 4.98 Å². The molecule has 1 aliphatic rings. The average molecular weight is 276 g/mol. The van der Waals surface area contributed by atoms with Crippen LogP contribution in [-0.4, -0.2) is 22.3 Å². The molecule has 4 nitrogen and oxygen atoms in total. The summed E-state index contributed by atoms with van der Waals surface area (Å²) < 4.78 is 5.46. The van der Waals surface area contributed by atoms with Gasteiger partial charge in [-0.15, -0.1) is 11.3 Å². The number of thiazole rings is 1. The summed E-state index contributed by atoms with van der Waals surface area (Å²) in [4.78, 5) is 19.7. The van der Waals surface area contributed by atoms with Gasteiger partial charge in [0.25, 0.3) is 5.91 Å². The number of likely N-dealkylation sites (tertiary alicyclic amines) is 1. The van der Waals surface area contributed by atoms with Gasteiger partial charge in [0, 0.05) is 6.54 Å². The van der Waals surface area contributed by atoms with Crippen molar-refractivity contribution in [3.63, 3.8) is 0 Å². The first-order valence-corrected chi connectivity index (χ1v) is 7.27. The quantitative estimate of drug-likeness (QED) is 0.845. The summed E-state index contributed by atoms with van der Waals surface area (Å²) in [7, 11) is 0. The molecular weight excluding hydrogens is 260 g/mol. The minimum atomic E-state index is 0.0734. The normalized spacial score (nSPS) is 19.1. The molecule has 0 bridgehead atoms. The summed E-state index contributed by atoms with van der Waals surface area (Å²) >= 11 is 1.48. The number of hydrogen-bond donors (Lipinski definition) is 0. The van der Waals surface area contributed by atoms with Crippen LogP contribution in [0.5, 0.6) is 0 Å². The Morgan fingerprint density at radius 1 is 1.53 bits per heavy atom. The summed E-state index contributed by atoms with van der Waals surface area (Å²) in [6.45, 7) is 4.62. The standard InChI is InChI=1S/C14H16N2O2S/c1-9-13(19-10(2)15-9)14(17)16-7-3-5-11(16)12-6-4-8-18-12/h4,6,8,11H,3,5,7H2,1-2H3/t11-/m0/s1. The van der Waals surface area contributed by atoms with Crippen LogP contribution in [0.1, 0.15) is 45.0 Å². The smallest absolute Gasteiger partial charge is 0.266 e. The minimum absolute atomic E-state index is 0.0734. The summed E-state index contributed by atoms with van der Waals surface area (Å²) in [6.07, 6.45) is 3.66. The number of furan rings is 1. The predicted octanol–water partition coefficient (Wildman–Crippen LogP) is 3.33. The van der Waals surface area contributed by atoms with Crippen LogP contribution >= 0.6 is 11.3 Å². The van der Waals surface area contributed by atoms with E-state index >= 15 is 0 Å². The maximum atomic E-state index is 12.6. The van der Waals surface area contributed by atoms with Crippen LogP contribution in [0.15, 0.2) is 22.8 Å². The fourth-order valence-electron chi connectivity index (χ4n) is 2.65. The number of carbonyl (C=O) groups is 1. The zero-order valence-corrected chi connectivity index (χ0v) is 11.9. The van der Waals surface area contributed by atoms with Crippen LogP contribution in [0.3, 0.4) is 0 Å². The highest BCUT2D eigenvalue weighted by Gasteiger charge is 2.33. The lowest BCUT2D eigenvalue weighted by molar-refractivity contribution is 0.0724. The fourth-order valence-corrected chi connectivity index (χ4v) is 3.52. The van der Waals surface area contributed by atoms with E-state index in [0.717, 1.165) is 40.7 Å². The Labute approximate surface area is 116 Å². The molecule has 0 unspecified atom stereocenters. The first-order chi connectivity index (χ1) is 9.16. The Morgan fingerprint density at radius 2 is 2.37 bits per heavy atom. The van der Waals surface area contributed by atoms with E-state index < -0.39 is 0 Å². The molecule has 5 heteroatoms. The molecular formula is C14H16N2O2S. The lowest BCUT2D eigenvalue weighted by Crippen LogP contribution is -2.30. The van der Waals surface area contributed by atoms with Crippen molar-refractivity contribution in [1.29, 1.82) is 0 Å². The average Bonchev–Trinajstić information content (AvgIpc) is 3.06. The SMILES string of the molecule is Cc1nc(C)c(C(=O)N2CCC[C@H]2c2ccco2)s1. The van der Waals surface area contributed by atoms with Gasteiger partial charge in [0.15, 0.2) is 0 Å². The molecule has 1 aliphatic heterocycles. The van der Waals surface area contributed by atoms with Crippen molar-refractivity contribution in [1.82, 2.24) is 9.88 Å². The Morgan fingerprint density at radius 3 is 3.00 bits per heavy atom. The molecule has 2 aromatic rings. The Bertz CT molecular complexity index is 589. The fraction of sp³-hybridized carbons (Fsp3) is 0.429. The summed E-state index contributed by atoms with van der Waals surface area (Å²) in [5.74, 6) is 0.965. The Balaban J connectivity index is 1.89. The minimum Gasteiger partial charge on any atom is -0.467 e. The lowest BCUT2D eigenvalue weighted by atomic mass is 10.1. The van der Waals surface area contributed by atoms with Gasteiger partial charge >= 0.3 is 0 Å². The molecule has 3 heterocycles. The van der Waals surface area contributed by atoms with E-state index in [1.54, 1.807) is 6.26 Å². The predicted molar refractivity (Wildman–Crippen MR) is 73.3 cm³/mol. The number of nitrogens with zero attached hydrogens (tertiary/aromatic N) is 2. The molecule has 1 fully saturated rings. The second-order valence-electron chi connectivity index (χ2n) is 4.82. The third-order valence-corrected chi connectivity index (χ3v) is 4.54. The van der Waals surface area contributed by atoms with Crippen molar-refractivity contribution in [3.05, 3.63) is 39.7 Å². The van der Waals surface area contributed by atoms with E-state index in [1.165, 1.54) is 11.3 Å². The molecule has 0 N–H and O–H groups in total. The number of aromatic nitrogens is 1. The molecule has 19 heavy (non-hydrogen) atoms. The second-order valence-corrected chi connectivity index (χ2v) is 6.02. The Kier molecular flexibility index (Phi) is 3.14. The maximum absolute atomic E-state index is 12.6. The highest BCUT2D eigenvalue weighted by Crippen LogP contribution is 2.34. The molecule has 1 atom stereocenters. The summed E-state index contributed by atoms with van der Waals surface area (Å²) in [5, 5.41) is 0.939. The van der Waals surface area contributed by atoms with E-state index in [4.69, 9.17) is 4.42 Å². The molecule has 1 amide bonds. The molecule has 0 radical (unpaired) electrons. The van der Waals surface area contributed by atoms with Gasteiger partial charge in [-0.1, -0.05) is 0 Å². The van der Waals surface area contributed by atoms with E-state index in [2.05, 4.69) is 4.98 Å². The van der Waals surface area contributed by atoms with Gasteiger partial charge in [-0.2, -0.15) is 0 Å². The lowest BCUT2D eigenvalue weighted by Gasteiger charge is -2.22. The third kappa shape index (κ3) is 2.18. The molecule has 2 aromatic heterocycles. The monoisotopic (exact) mass is 276 g/mol. The van der Waals surface area contributed by atoms with Crippen molar-refractivity contribution < 1.29 is 9.21 Å². The van der Waals surface area contributed by atoms with E-state index in [1.807, 2.05) is 30.9 Å². The topological polar surface area (TPSA) is 46.3 Å². The van der Waals surface area contributed by atoms with Crippen molar-refractivity contribution in [2.45, 2.75) is 32.7 Å². The molecule has 0 saturated carbocycles. The number of aryl methyl sites for hydroxylation is 2. The molecule has 100 valence electrons.